The molecule has 0 radical (unpaired) electrons. The molecule has 1 rings (SSSR count). The first kappa shape index (κ1) is 10.4. The number of hydrogen-bond acceptors (Lipinski definition) is 2. The van der Waals surface area contributed by atoms with Crippen molar-refractivity contribution in [3.8, 4) is 0 Å². The van der Waals surface area contributed by atoms with Crippen molar-refractivity contribution in [1.29, 1.82) is 0 Å². The molecule has 6 heteroatoms. The zero-order valence-corrected chi connectivity index (χ0v) is 7.82. The number of nitrogens with zero attached hydrogens (tertiary/aromatic N) is 6. The van der Waals surface area contributed by atoms with Gasteiger partial charge in [-0.2, -0.15) is 0 Å². The normalized spacial score (nSPS) is 28.9. The number of azide groups is 2. The number of rotatable bonds is 2. The van der Waals surface area contributed by atoms with Gasteiger partial charge in [0.15, 0.2) is 0 Å². The fourth-order valence-corrected chi connectivity index (χ4v) is 1.48. The molecule has 1 aliphatic carbocycles. The van der Waals surface area contributed by atoms with E-state index in [1.807, 2.05) is 12.2 Å². The molecule has 0 aromatic rings. The molecule has 0 aromatic carbocycles. The van der Waals surface area contributed by atoms with E-state index < -0.39 is 0 Å². The Kier molecular flexibility index (Phi) is 4.41. The first-order valence-corrected chi connectivity index (χ1v) is 4.63. The van der Waals surface area contributed by atoms with E-state index in [-0.39, 0.29) is 12.1 Å². The van der Waals surface area contributed by atoms with E-state index in [1.165, 1.54) is 0 Å². The van der Waals surface area contributed by atoms with E-state index in [0.29, 0.717) is 0 Å². The molecule has 74 valence electrons. The molecule has 0 amide bonds. The van der Waals surface area contributed by atoms with Gasteiger partial charge >= 0.3 is 0 Å². The Morgan fingerprint density at radius 2 is 1.36 bits per heavy atom. The highest BCUT2D eigenvalue weighted by Gasteiger charge is 2.09. The van der Waals surface area contributed by atoms with Crippen molar-refractivity contribution in [2.45, 2.75) is 37.8 Å². The van der Waals surface area contributed by atoms with E-state index in [0.717, 1.165) is 25.7 Å². The molecule has 0 aliphatic heterocycles. The van der Waals surface area contributed by atoms with Gasteiger partial charge in [0, 0.05) is 9.82 Å². The van der Waals surface area contributed by atoms with Gasteiger partial charge in [0.1, 0.15) is 0 Å². The molecule has 0 spiro atoms. The lowest BCUT2D eigenvalue weighted by molar-refractivity contribution is 0.560. The van der Waals surface area contributed by atoms with Crippen molar-refractivity contribution in [2.24, 2.45) is 10.2 Å². The van der Waals surface area contributed by atoms with Crippen molar-refractivity contribution in [2.75, 3.05) is 0 Å². The number of hydrogen-bond donors (Lipinski definition) is 0. The average molecular weight is 192 g/mol. The predicted molar refractivity (Wildman–Crippen MR) is 53.5 cm³/mol. The van der Waals surface area contributed by atoms with Gasteiger partial charge in [-0.25, -0.2) is 0 Å². The van der Waals surface area contributed by atoms with Crippen molar-refractivity contribution in [3.63, 3.8) is 0 Å². The monoisotopic (exact) mass is 192 g/mol. The van der Waals surface area contributed by atoms with Gasteiger partial charge in [0.05, 0.1) is 12.1 Å². The molecule has 1 aliphatic rings. The van der Waals surface area contributed by atoms with Crippen LogP contribution in [0.3, 0.4) is 0 Å². The SMILES string of the molecule is [N-]=[N+]=N[C@@H]1/C=C\[C@H](N=[N+]=[N-])CCCC1. The minimum absolute atomic E-state index is 0.0864. The van der Waals surface area contributed by atoms with Gasteiger partial charge < -0.3 is 0 Å². The molecule has 0 fully saturated rings. The van der Waals surface area contributed by atoms with Crippen LogP contribution in [-0.4, -0.2) is 12.1 Å². The van der Waals surface area contributed by atoms with E-state index in [1.54, 1.807) is 0 Å². The second-order valence-corrected chi connectivity index (χ2v) is 3.21. The van der Waals surface area contributed by atoms with Crippen LogP contribution in [0.25, 0.3) is 20.9 Å². The van der Waals surface area contributed by atoms with Gasteiger partial charge in [0.2, 0.25) is 0 Å². The maximum Gasteiger partial charge on any atom is 0.0555 e. The molecule has 2 atom stereocenters. The summed E-state index contributed by atoms with van der Waals surface area (Å²) < 4.78 is 0. The minimum atomic E-state index is -0.0864. The van der Waals surface area contributed by atoms with E-state index in [4.69, 9.17) is 11.1 Å². The second kappa shape index (κ2) is 5.91. The summed E-state index contributed by atoms with van der Waals surface area (Å²) in [6, 6.07) is -0.173. The van der Waals surface area contributed by atoms with Crippen LogP contribution in [-0.2, 0) is 0 Å². The Bertz CT molecular complexity index is 267. The first-order chi connectivity index (χ1) is 6.86. The standard InChI is InChI=1S/C8H12N6/c9-13-11-7-3-1-2-4-8(6-5-7)12-14-10/h5-8H,1-4H2/b6-5-/t7-,8+. The van der Waals surface area contributed by atoms with Crippen molar-refractivity contribution < 1.29 is 0 Å². The quantitative estimate of drug-likeness (QED) is 0.277. The third-order valence-electron chi connectivity index (χ3n) is 2.21. The Morgan fingerprint density at radius 3 is 1.71 bits per heavy atom. The fraction of sp³-hybridized carbons (Fsp3) is 0.750. The Balaban J connectivity index is 2.68. The lowest BCUT2D eigenvalue weighted by Crippen LogP contribution is -2.07. The topological polar surface area (TPSA) is 97.5 Å². The average Bonchev–Trinajstić information content (AvgIpc) is 2.15. The Morgan fingerprint density at radius 1 is 0.929 bits per heavy atom. The fourth-order valence-electron chi connectivity index (χ4n) is 1.48. The predicted octanol–water partition coefficient (Wildman–Crippen LogP) is 3.47. The van der Waals surface area contributed by atoms with Crippen LogP contribution in [0, 0.1) is 0 Å². The molecule has 0 aromatic heterocycles. The smallest absolute Gasteiger partial charge is 0.0555 e. The maximum atomic E-state index is 8.29. The van der Waals surface area contributed by atoms with Crippen LogP contribution in [0.15, 0.2) is 22.4 Å². The summed E-state index contributed by atoms with van der Waals surface area (Å²) in [4.78, 5) is 5.55. The van der Waals surface area contributed by atoms with Gasteiger partial charge in [-0.1, -0.05) is 35.2 Å². The summed E-state index contributed by atoms with van der Waals surface area (Å²) in [7, 11) is 0. The lowest BCUT2D eigenvalue weighted by Gasteiger charge is -2.12. The molecular formula is C8H12N6. The summed E-state index contributed by atoms with van der Waals surface area (Å²) in [5, 5.41) is 7.28. The van der Waals surface area contributed by atoms with Crippen molar-refractivity contribution in [3.05, 3.63) is 33.0 Å². The zero-order valence-electron chi connectivity index (χ0n) is 7.82. The first-order valence-electron chi connectivity index (χ1n) is 4.63. The second-order valence-electron chi connectivity index (χ2n) is 3.21. The lowest BCUT2D eigenvalue weighted by atomic mass is 10.0. The van der Waals surface area contributed by atoms with Gasteiger partial charge in [-0.05, 0) is 23.9 Å². The molecular weight excluding hydrogens is 180 g/mol. The highest BCUT2D eigenvalue weighted by molar-refractivity contribution is 5.01. The highest BCUT2D eigenvalue weighted by Crippen LogP contribution is 2.16. The van der Waals surface area contributed by atoms with E-state index in [2.05, 4.69) is 20.1 Å². The third-order valence-corrected chi connectivity index (χ3v) is 2.21. The van der Waals surface area contributed by atoms with E-state index >= 15 is 0 Å². The van der Waals surface area contributed by atoms with Gasteiger partial charge in [-0.15, -0.1) is 0 Å². The van der Waals surface area contributed by atoms with Crippen LogP contribution >= 0.6 is 0 Å². The summed E-state index contributed by atoms with van der Waals surface area (Å²) in [5.41, 5.74) is 16.6. The van der Waals surface area contributed by atoms with Gasteiger partial charge in [0.25, 0.3) is 0 Å². The molecule has 0 unspecified atom stereocenters. The molecule has 0 N–H and O–H groups in total. The summed E-state index contributed by atoms with van der Waals surface area (Å²) in [6.07, 6.45) is 7.43. The van der Waals surface area contributed by atoms with E-state index in [9.17, 15) is 0 Å². The van der Waals surface area contributed by atoms with Crippen LogP contribution < -0.4 is 0 Å². The maximum absolute atomic E-state index is 8.29. The zero-order chi connectivity index (χ0) is 10.2. The molecule has 14 heavy (non-hydrogen) atoms. The van der Waals surface area contributed by atoms with Crippen LogP contribution in [0.1, 0.15) is 25.7 Å². The van der Waals surface area contributed by atoms with Crippen LogP contribution in [0.5, 0.6) is 0 Å². The Hall–Kier alpha value is -1.64. The molecule has 0 heterocycles. The molecule has 0 saturated carbocycles. The van der Waals surface area contributed by atoms with Gasteiger partial charge in [-0.3, -0.25) is 0 Å². The minimum Gasteiger partial charge on any atom is -0.0866 e. The molecule has 6 nitrogen and oxygen atoms in total. The molecule has 0 saturated heterocycles. The molecule has 0 bridgehead atoms. The van der Waals surface area contributed by atoms with Crippen molar-refractivity contribution in [1.82, 2.24) is 0 Å². The third kappa shape index (κ3) is 3.39. The summed E-state index contributed by atoms with van der Waals surface area (Å²) in [5.74, 6) is 0. The largest absolute Gasteiger partial charge is 0.0866 e. The highest BCUT2D eigenvalue weighted by atomic mass is 15.2. The summed E-state index contributed by atoms with van der Waals surface area (Å²) in [6.45, 7) is 0. The van der Waals surface area contributed by atoms with Crippen molar-refractivity contribution >= 4 is 0 Å². The van der Waals surface area contributed by atoms with Crippen LogP contribution in [0.4, 0.5) is 0 Å². The summed E-state index contributed by atoms with van der Waals surface area (Å²) >= 11 is 0. The van der Waals surface area contributed by atoms with Crippen LogP contribution in [0.2, 0.25) is 0 Å². The Labute approximate surface area is 81.9 Å².